The molecule has 0 radical (unpaired) electrons. The van der Waals surface area contributed by atoms with Gasteiger partial charge in [-0.1, -0.05) is 6.92 Å². The van der Waals surface area contributed by atoms with Crippen LogP contribution < -0.4 is 0 Å². The van der Waals surface area contributed by atoms with Crippen LogP contribution in [-0.2, 0) is 0 Å². The largest absolute Gasteiger partial charge is 0.341 e. The molecule has 0 aliphatic carbocycles. The minimum Gasteiger partial charge on any atom is -0.126 e. The molecule has 0 N–H and O–H groups in total. The minimum atomic E-state index is -2.51. The lowest BCUT2D eigenvalue weighted by Crippen LogP contribution is -2.16. The van der Waals surface area contributed by atoms with Crippen LogP contribution in [0.1, 0.15) is 13.3 Å². The summed E-state index contributed by atoms with van der Waals surface area (Å²) in [7, 11) is 0. The zero-order chi connectivity index (χ0) is 10.7. The molecule has 0 spiro atoms. The Hall–Kier alpha value is 2.17. The molecule has 0 aromatic carbocycles. The number of hydrogen-bond donors (Lipinski definition) is 0. The Morgan fingerprint density at radius 3 is 1.69 bits per heavy atom. The van der Waals surface area contributed by atoms with Crippen molar-refractivity contribution in [1.82, 2.24) is 0 Å². The van der Waals surface area contributed by atoms with Crippen LogP contribution in [0.2, 0.25) is 12.1 Å². The molecular weight excluding hydrogens is 329 g/mol. The molecule has 0 aromatic heterocycles. The highest BCUT2D eigenvalue weighted by atomic mass is 35.8. The maximum Gasteiger partial charge on any atom is 0.341 e. The van der Waals surface area contributed by atoms with Gasteiger partial charge < -0.3 is 0 Å². The molecule has 80 valence electrons. The summed E-state index contributed by atoms with van der Waals surface area (Å²) in [5.41, 5.74) is 0. The van der Waals surface area contributed by atoms with Gasteiger partial charge in [0.05, 0.1) is 0 Å². The molecular formula is C5H10Cl6Si2. The lowest BCUT2D eigenvalue weighted by Gasteiger charge is -2.16. The summed E-state index contributed by atoms with van der Waals surface area (Å²) in [6.45, 7) is 2.01. The number of hydrogen-bond acceptors (Lipinski definition) is 0. The van der Waals surface area contributed by atoms with Crippen molar-refractivity contribution in [1.29, 1.82) is 0 Å². The Morgan fingerprint density at radius 2 is 1.38 bits per heavy atom. The van der Waals surface area contributed by atoms with E-state index < -0.39 is 12.0 Å². The molecule has 0 nitrogen and oxygen atoms in total. The minimum absolute atomic E-state index is 0.322. The Kier molecular flexibility index (Phi) is 7.05. The summed E-state index contributed by atoms with van der Waals surface area (Å²) in [5, 5.41) is 0. The molecule has 0 fully saturated rings. The average Bonchev–Trinajstić information content (AvgIpc) is 1.78. The van der Waals surface area contributed by atoms with Crippen molar-refractivity contribution in [3.8, 4) is 0 Å². The summed E-state index contributed by atoms with van der Waals surface area (Å²) >= 11 is 34.5. The number of rotatable bonds is 5. The van der Waals surface area contributed by atoms with E-state index in [1.165, 1.54) is 0 Å². The third-order valence-electron chi connectivity index (χ3n) is 1.50. The fraction of sp³-hybridized carbons (Fsp3) is 1.00. The molecule has 0 amide bonds. The van der Waals surface area contributed by atoms with Crippen LogP contribution in [-0.4, -0.2) is 12.0 Å². The lowest BCUT2D eigenvalue weighted by atomic mass is 10.2. The van der Waals surface area contributed by atoms with Gasteiger partial charge in [-0.15, -0.1) is 66.5 Å². The van der Waals surface area contributed by atoms with Gasteiger partial charge in [0.2, 0.25) is 0 Å². The Bertz CT molecular complexity index is 150. The predicted octanol–water partition coefficient (Wildman–Crippen LogP) is 5.32. The van der Waals surface area contributed by atoms with E-state index >= 15 is 0 Å². The first-order valence-corrected chi connectivity index (χ1v) is 14.2. The number of halogens is 6. The molecule has 0 saturated carbocycles. The third kappa shape index (κ3) is 12.1. The van der Waals surface area contributed by atoms with E-state index in [9.17, 15) is 0 Å². The second-order valence-electron chi connectivity index (χ2n) is 3.08. The Balaban J connectivity index is 3.70. The smallest absolute Gasteiger partial charge is 0.126 e. The van der Waals surface area contributed by atoms with Crippen LogP contribution in [0.25, 0.3) is 0 Å². The fourth-order valence-electron chi connectivity index (χ4n) is 0.907. The normalized spacial score (nSPS) is 15.9. The molecule has 0 aromatic rings. The highest BCUT2D eigenvalue weighted by Crippen LogP contribution is 2.34. The van der Waals surface area contributed by atoms with E-state index in [2.05, 4.69) is 0 Å². The van der Waals surface area contributed by atoms with Gasteiger partial charge in [0.15, 0.2) is 0 Å². The Labute approximate surface area is 109 Å². The molecule has 0 rings (SSSR count). The summed E-state index contributed by atoms with van der Waals surface area (Å²) < 4.78 is 0. The van der Waals surface area contributed by atoms with Gasteiger partial charge in [0.1, 0.15) is 0 Å². The zero-order valence-electron chi connectivity index (χ0n) is 6.97. The van der Waals surface area contributed by atoms with Crippen LogP contribution in [0.15, 0.2) is 0 Å². The molecule has 0 bridgehead atoms. The van der Waals surface area contributed by atoms with Crippen molar-refractivity contribution in [2.75, 3.05) is 0 Å². The third-order valence-corrected chi connectivity index (χ3v) is 6.61. The summed E-state index contributed by atoms with van der Waals surface area (Å²) in [6, 6.07) is -3.74. The van der Waals surface area contributed by atoms with Crippen LogP contribution in [0.3, 0.4) is 0 Å². The van der Waals surface area contributed by atoms with Crippen LogP contribution in [0.5, 0.6) is 0 Å². The summed E-state index contributed by atoms with van der Waals surface area (Å²) in [6.07, 6.45) is 0.823. The Morgan fingerprint density at radius 1 is 0.923 bits per heavy atom. The molecule has 0 heterocycles. The van der Waals surface area contributed by atoms with Gasteiger partial charge in [-0.2, -0.15) is 0 Å². The maximum absolute atomic E-state index is 5.76. The average molecular weight is 339 g/mol. The maximum atomic E-state index is 5.76. The van der Waals surface area contributed by atoms with Gasteiger partial charge in [0.25, 0.3) is 0 Å². The SMILES string of the molecule is CC(CC[Si](Cl)(Cl)Cl)C[Si](Cl)(Cl)Cl. The quantitative estimate of drug-likeness (QED) is 0.470. The molecule has 0 saturated heterocycles. The second-order valence-corrected chi connectivity index (χ2v) is 21.5. The van der Waals surface area contributed by atoms with Crippen molar-refractivity contribution in [3.63, 3.8) is 0 Å². The van der Waals surface area contributed by atoms with E-state index in [4.69, 9.17) is 66.5 Å². The first-order chi connectivity index (χ1) is 5.60. The van der Waals surface area contributed by atoms with Crippen molar-refractivity contribution in [2.24, 2.45) is 5.92 Å². The van der Waals surface area contributed by atoms with Gasteiger partial charge in [0, 0.05) is 0 Å². The highest BCUT2D eigenvalue weighted by Gasteiger charge is 2.30. The van der Waals surface area contributed by atoms with Crippen LogP contribution in [0.4, 0.5) is 0 Å². The van der Waals surface area contributed by atoms with Gasteiger partial charge in [-0.3, -0.25) is 0 Å². The molecule has 1 unspecified atom stereocenters. The standard InChI is InChI=1S/C5H10Cl6Si2/c1-5(4-13(9,10)11)2-3-12(6,7)8/h5H,2-4H2,1H3. The molecule has 1 atom stereocenters. The lowest BCUT2D eigenvalue weighted by molar-refractivity contribution is 0.620. The van der Waals surface area contributed by atoms with E-state index in [-0.39, 0.29) is 0 Å². The molecule has 13 heavy (non-hydrogen) atoms. The highest BCUT2D eigenvalue weighted by molar-refractivity contribution is 7.65. The zero-order valence-corrected chi connectivity index (χ0v) is 13.5. The molecule has 8 heteroatoms. The van der Waals surface area contributed by atoms with E-state index in [0.29, 0.717) is 18.0 Å². The monoisotopic (exact) mass is 336 g/mol. The first kappa shape index (κ1) is 15.2. The van der Waals surface area contributed by atoms with Crippen molar-refractivity contribution in [3.05, 3.63) is 0 Å². The predicted molar refractivity (Wildman–Crippen MR) is 70.0 cm³/mol. The van der Waals surface area contributed by atoms with Gasteiger partial charge in [-0.05, 0) is 24.4 Å². The molecule has 0 aliphatic rings. The van der Waals surface area contributed by atoms with E-state index in [1.54, 1.807) is 0 Å². The van der Waals surface area contributed by atoms with Crippen molar-refractivity contribution < 1.29 is 0 Å². The van der Waals surface area contributed by atoms with Gasteiger partial charge >= 0.3 is 12.0 Å². The van der Waals surface area contributed by atoms with Crippen molar-refractivity contribution >= 4 is 78.5 Å². The molecule has 0 aliphatic heterocycles. The van der Waals surface area contributed by atoms with E-state index in [0.717, 1.165) is 6.42 Å². The van der Waals surface area contributed by atoms with Crippen LogP contribution >= 0.6 is 66.5 Å². The topological polar surface area (TPSA) is 0 Å². The summed E-state index contributed by atoms with van der Waals surface area (Å²) in [4.78, 5) is 0. The van der Waals surface area contributed by atoms with Crippen LogP contribution in [0, 0.1) is 5.92 Å². The first-order valence-electron chi connectivity index (χ1n) is 3.73. The van der Waals surface area contributed by atoms with E-state index in [1.807, 2.05) is 6.92 Å². The fourth-order valence-corrected chi connectivity index (χ4v) is 6.07. The second kappa shape index (κ2) is 6.04. The van der Waals surface area contributed by atoms with Crippen molar-refractivity contribution in [2.45, 2.75) is 25.4 Å². The van der Waals surface area contributed by atoms with Gasteiger partial charge in [-0.25, -0.2) is 0 Å². The summed E-state index contributed by atoms with van der Waals surface area (Å²) in [5.74, 6) is 0.322.